The molecule has 0 atom stereocenters. The average Bonchev–Trinajstić information content (AvgIpc) is 2.81. The standard InChI is InChI=1S/C28H28F5NO2/c1-27(2,3)16-12-15(25(35-7)17(13-16)28(4,5)6)14-34-18-10-8-9-11-19(18)36-26-23(32)21(30)20(29)22(31)24(26)33/h8-14H,1-7H3. The fraction of sp³-hybridized carbons (Fsp3) is 0.321. The number of hydrogen-bond acceptors (Lipinski definition) is 3. The first kappa shape index (κ1) is 27.2. The predicted octanol–water partition coefficient (Wildman–Crippen LogP) is 8.53. The second-order valence-corrected chi connectivity index (χ2v) is 10.4. The summed E-state index contributed by atoms with van der Waals surface area (Å²) < 4.78 is 79.9. The molecule has 0 spiro atoms. The molecule has 0 heterocycles. The first-order chi connectivity index (χ1) is 16.7. The minimum Gasteiger partial charge on any atom is -0.496 e. The van der Waals surface area contributed by atoms with Crippen LogP contribution in [0.2, 0.25) is 0 Å². The van der Waals surface area contributed by atoms with Crippen LogP contribution in [0.5, 0.6) is 17.2 Å². The summed E-state index contributed by atoms with van der Waals surface area (Å²) in [6.07, 6.45) is 1.52. The molecular formula is C28H28F5NO2. The molecule has 0 bridgehead atoms. The van der Waals surface area contributed by atoms with Crippen molar-refractivity contribution in [2.45, 2.75) is 52.4 Å². The molecule has 0 saturated heterocycles. The number of ether oxygens (including phenoxy) is 2. The summed E-state index contributed by atoms with van der Waals surface area (Å²) in [6.45, 7) is 12.4. The van der Waals surface area contributed by atoms with Crippen LogP contribution >= 0.6 is 0 Å². The number of rotatable bonds is 5. The van der Waals surface area contributed by atoms with Gasteiger partial charge in [0.1, 0.15) is 11.4 Å². The Hall–Kier alpha value is -3.42. The number of benzene rings is 3. The van der Waals surface area contributed by atoms with E-state index in [2.05, 4.69) is 52.6 Å². The first-order valence-electron chi connectivity index (χ1n) is 11.2. The van der Waals surface area contributed by atoms with Gasteiger partial charge in [0.25, 0.3) is 0 Å². The molecule has 192 valence electrons. The van der Waals surface area contributed by atoms with Crippen molar-refractivity contribution in [2.24, 2.45) is 4.99 Å². The van der Waals surface area contributed by atoms with Gasteiger partial charge in [0.2, 0.25) is 34.8 Å². The number of nitrogens with zero attached hydrogens (tertiary/aromatic N) is 1. The van der Waals surface area contributed by atoms with E-state index in [4.69, 9.17) is 9.47 Å². The van der Waals surface area contributed by atoms with Crippen molar-refractivity contribution in [3.63, 3.8) is 0 Å². The Bertz CT molecular complexity index is 1290. The first-order valence-corrected chi connectivity index (χ1v) is 11.2. The number of methoxy groups -OCH3 is 1. The van der Waals surface area contributed by atoms with E-state index in [1.54, 1.807) is 13.2 Å². The smallest absolute Gasteiger partial charge is 0.207 e. The third kappa shape index (κ3) is 5.37. The van der Waals surface area contributed by atoms with Crippen molar-refractivity contribution in [3.05, 3.63) is 82.2 Å². The molecule has 0 fully saturated rings. The van der Waals surface area contributed by atoms with E-state index in [1.165, 1.54) is 24.4 Å². The van der Waals surface area contributed by atoms with Gasteiger partial charge in [0.05, 0.1) is 7.11 Å². The lowest BCUT2D eigenvalue weighted by Crippen LogP contribution is -2.18. The molecule has 3 rings (SSSR count). The van der Waals surface area contributed by atoms with E-state index in [9.17, 15) is 22.0 Å². The summed E-state index contributed by atoms with van der Waals surface area (Å²) in [5.41, 5.74) is 2.34. The Labute approximate surface area is 207 Å². The molecule has 3 aromatic rings. The van der Waals surface area contributed by atoms with Crippen LogP contribution in [0.25, 0.3) is 0 Å². The topological polar surface area (TPSA) is 30.8 Å². The summed E-state index contributed by atoms with van der Waals surface area (Å²) in [5, 5.41) is 0. The minimum atomic E-state index is -2.26. The predicted molar refractivity (Wildman–Crippen MR) is 130 cm³/mol. The largest absolute Gasteiger partial charge is 0.496 e. The quantitative estimate of drug-likeness (QED) is 0.151. The number of para-hydroxylation sites is 2. The highest BCUT2D eigenvalue weighted by Crippen LogP contribution is 2.39. The highest BCUT2D eigenvalue weighted by atomic mass is 19.2. The van der Waals surface area contributed by atoms with E-state index < -0.39 is 34.8 Å². The van der Waals surface area contributed by atoms with Crippen LogP contribution in [0.3, 0.4) is 0 Å². The highest BCUT2D eigenvalue weighted by molar-refractivity contribution is 5.87. The third-order valence-corrected chi connectivity index (χ3v) is 5.59. The van der Waals surface area contributed by atoms with Crippen LogP contribution in [0.4, 0.5) is 27.6 Å². The highest BCUT2D eigenvalue weighted by Gasteiger charge is 2.28. The lowest BCUT2D eigenvalue weighted by molar-refractivity contribution is 0.332. The maximum atomic E-state index is 14.2. The van der Waals surface area contributed by atoms with Crippen LogP contribution in [0, 0.1) is 29.1 Å². The zero-order chi connectivity index (χ0) is 27.0. The fourth-order valence-electron chi connectivity index (χ4n) is 3.54. The second-order valence-electron chi connectivity index (χ2n) is 10.4. The Balaban J connectivity index is 2.13. The lowest BCUT2D eigenvalue weighted by Gasteiger charge is -2.28. The Kier molecular flexibility index (Phi) is 7.48. The monoisotopic (exact) mass is 505 g/mol. The molecule has 0 aliphatic heterocycles. The molecule has 3 nitrogen and oxygen atoms in total. The summed E-state index contributed by atoms with van der Waals surface area (Å²) in [6, 6.07) is 9.92. The Morgan fingerprint density at radius 3 is 1.81 bits per heavy atom. The summed E-state index contributed by atoms with van der Waals surface area (Å²) in [4.78, 5) is 4.41. The molecular weight excluding hydrogens is 477 g/mol. The summed E-state index contributed by atoms with van der Waals surface area (Å²) in [7, 11) is 1.55. The van der Waals surface area contributed by atoms with E-state index >= 15 is 0 Å². The van der Waals surface area contributed by atoms with Gasteiger partial charge in [-0.2, -0.15) is 8.78 Å². The molecule has 36 heavy (non-hydrogen) atoms. The second kappa shape index (κ2) is 9.91. The van der Waals surface area contributed by atoms with E-state index in [1.807, 2.05) is 6.07 Å². The van der Waals surface area contributed by atoms with Crippen LogP contribution in [0.15, 0.2) is 41.4 Å². The zero-order valence-corrected chi connectivity index (χ0v) is 21.2. The van der Waals surface area contributed by atoms with E-state index in [0.717, 1.165) is 11.1 Å². The van der Waals surface area contributed by atoms with Gasteiger partial charge in [-0.05, 0) is 34.6 Å². The van der Waals surface area contributed by atoms with Gasteiger partial charge in [0, 0.05) is 17.3 Å². The normalized spacial score (nSPS) is 12.3. The van der Waals surface area contributed by atoms with Crippen molar-refractivity contribution >= 4 is 11.9 Å². The molecule has 0 aliphatic rings. The SMILES string of the molecule is COc1c(C=Nc2ccccc2Oc2c(F)c(F)c(F)c(F)c2F)cc(C(C)(C)C)cc1C(C)(C)C. The summed E-state index contributed by atoms with van der Waals surface area (Å²) in [5.74, 6) is -11.6. The Morgan fingerprint density at radius 2 is 1.28 bits per heavy atom. The van der Waals surface area contributed by atoms with Crippen LogP contribution < -0.4 is 9.47 Å². The van der Waals surface area contributed by atoms with Crippen molar-refractivity contribution in [1.29, 1.82) is 0 Å². The Morgan fingerprint density at radius 1 is 0.722 bits per heavy atom. The van der Waals surface area contributed by atoms with Gasteiger partial charge in [-0.3, -0.25) is 4.99 Å². The van der Waals surface area contributed by atoms with Crippen molar-refractivity contribution in [1.82, 2.24) is 0 Å². The minimum absolute atomic E-state index is 0.113. The molecule has 0 radical (unpaired) electrons. The molecule has 0 N–H and O–H groups in total. The van der Waals surface area contributed by atoms with E-state index in [0.29, 0.717) is 11.3 Å². The van der Waals surface area contributed by atoms with Gasteiger partial charge in [-0.1, -0.05) is 59.7 Å². The van der Waals surface area contributed by atoms with Gasteiger partial charge in [-0.25, -0.2) is 13.2 Å². The third-order valence-electron chi connectivity index (χ3n) is 5.59. The molecule has 0 aromatic heterocycles. The van der Waals surface area contributed by atoms with Crippen molar-refractivity contribution in [2.75, 3.05) is 7.11 Å². The number of aliphatic imine (C=N–C) groups is 1. The summed E-state index contributed by atoms with van der Waals surface area (Å²) >= 11 is 0. The van der Waals surface area contributed by atoms with Crippen molar-refractivity contribution < 1.29 is 31.4 Å². The maximum absolute atomic E-state index is 14.2. The molecule has 8 heteroatoms. The van der Waals surface area contributed by atoms with Crippen LogP contribution in [0.1, 0.15) is 58.2 Å². The fourth-order valence-corrected chi connectivity index (χ4v) is 3.54. The van der Waals surface area contributed by atoms with Gasteiger partial charge in [0.15, 0.2) is 5.75 Å². The molecule has 0 aliphatic carbocycles. The molecule has 0 saturated carbocycles. The van der Waals surface area contributed by atoms with Crippen molar-refractivity contribution in [3.8, 4) is 17.2 Å². The lowest BCUT2D eigenvalue weighted by atomic mass is 9.79. The maximum Gasteiger partial charge on any atom is 0.207 e. The molecule has 0 unspecified atom stereocenters. The molecule has 0 amide bonds. The zero-order valence-electron chi connectivity index (χ0n) is 21.2. The van der Waals surface area contributed by atoms with Gasteiger partial charge in [-0.15, -0.1) is 0 Å². The van der Waals surface area contributed by atoms with Crippen LogP contribution in [-0.4, -0.2) is 13.3 Å². The molecule has 3 aromatic carbocycles. The van der Waals surface area contributed by atoms with Gasteiger partial charge < -0.3 is 9.47 Å². The van der Waals surface area contributed by atoms with Gasteiger partial charge >= 0.3 is 0 Å². The number of hydrogen-bond donors (Lipinski definition) is 0. The van der Waals surface area contributed by atoms with Crippen LogP contribution in [-0.2, 0) is 10.8 Å². The van der Waals surface area contributed by atoms with E-state index in [-0.39, 0.29) is 22.3 Å². The average molecular weight is 506 g/mol. The number of halogens is 5.